The van der Waals surface area contributed by atoms with Gasteiger partial charge in [-0.1, -0.05) is 12.1 Å². The fraction of sp³-hybridized carbons (Fsp3) is 0.125. The molecule has 2 amide bonds. The lowest BCUT2D eigenvalue weighted by molar-refractivity contribution is 0.0693. The molecule has 5 heteroatoms. The molecule has 0 saturated carbocycles. The second-order valence-electron chi connectivity index (χ2n) is 4.91. The Bertz CT molecular complexity index is 743. The Balaban J connectivity index is 1.80. The number of carbonyl (C=O) groups excluding carboxylic acids is 2. The van der Waals surface area contributed by atoms with Gasteiger partial charge in [0.15, 0.2) is 0 Å². The SMILES string of the molecule is CN1C(=O)c2ccc(NCc3cccc(F)c3)cc2C1=O. The highest BCUT2D eigenvalue weighted by Crippen LogP contribution is 2.25. The molecular weight excluding hydrogens is 271 g/mol. The lowest BCUT2D eigenvalue weighted by Crippen LogP contribution is -2.24. The Morgan fingerprint density at radius 2 is 1.81 bits per heavy atom. The molecular formula is C16H13FN2O2. The van der Waals surface area contributed by atoms with Crippen LogP contribution in [0.1, 0.15) is 26.3 Å². The number of nitrogens with one attached hydrogen (secondary N) is 1. The van der Waals surface area contributed by atoms with Crippen molar-refractivity contribution in [3.05, 3.63) is 65.0 Å². The number of benzene rings is 2. The van der Waals surface area contributed by atoms with E-state index >= 15 is 0 Å². The van der Waals surface area contributed by atoms with Crippen LogP contribution in [0.5, 0.6) is 0 Å². The van der Waals surface area contributed by atoms with Crippen molar-refractivity contribution in [2.45, 2.75) is 6.54 Å². The first-order chi connectivity index (χ1) is 10.1. The fourth-order valence-electron chi connectivity index (χ4n) is 2.32. The minimum atomic E-state index is -0.301. The molecule has 0 spiro atoms. The summed E-state index contributed by atoms with van der Waals surface area (Å²) < 4.78 is 13.1. The maximum Gasteiger partial charge on any atom is 0.261 e. The second-order valence-corrected chi connectivity index (χ2v) is 4.91. The minimum absolute atomic E-state index is 0.285. The van der Waals surface area contributed by atoms with E-state index in [1.165, 1.54) is 19.2 Å². The first kappa shape index (κ1) is 13.3. The number of carbonyl (C=O) groups is 2. The highest BCUT2D eigenvalue weighted by atomic mass is 19.1. The number of anilines is 1. The number of nitrogens with zero attached hydrogens (tertiary/aromatic N) is 1. The molecule has 0 aromatic heterocycles. The third-order valence-electron chi connectivity index (χ3n) is 3.48. The molecule has 1 aliphatic rings. The van der Waals surface area contributed by atoms with Crippen molar-refractivity contribution >= 4 is 17.5 Å². The van der Waals surface area contributed by atoms with E-state index in [0.717, 1.165) is 16.2 Å². The molecule has 3 rings (SSSR count). The van der Waals surface area contributed by atoms with Gasteiger partial charge in [0.2, 0.25) is 0 Å². The lowest BCUT2D eigenvalue weighted by atomic mass is 10.1. The number of imide groups is 1. The van der Waals surface area contributed by atoms with Crippen LogP contribution >= 0.6 is 0 Å². The normalized spacial score (nSPS) is 13.5. The van der Waals surface area contributed by atoms with Gasteiger partial charge in [0.25, 0.3) is 11.8 Å². The molecule has 0 radical (unpaired) electrons. The highest BCUT2D eigenvalue weighted by Gasteiger charge is 2.32. The van der Waals surface area contributed by atoms with E-state index in [4.69, 9.17) is 0 Å². The molecule has 106 valence electrons. The van der Waals surface area contributed by atoms with E-state index in [1.54, 1.807) is 24.3 Å². The monoisotopic (exact) mass is 284 g/mol. The predicted molar refractivity (Wildman–Crippen MR) is 76.6 cm³/mol. The Hall–Kier alpha value is -2.69. The van der Waals surface area contributed by atoms with Gasteiger partial charge in [0.05, 0.1) is 11.1 Å². The summed E-state index contributed by atoms with van der Waals surface area (Å²) in [6, 6.07) is 11.3. The van der Waals surface area contributed by atoms with Gasteiger partial charge in [-0.15, -0.1) is 0 Å². The maximum atomic E-state index is 13.1. The summed E-state index contributed by atoms with van der Waals surface area (Å²) in [5.41, 5.74) is 2.33. The Morgan fingerprint density at radius 3 is 2.57 bits per heavy atom. The van der Waals surface area contributed by atoms with Crippen molar-refractivity contribution in [1.82, 2.24) is 4.90 Å². The number of amides is 2. The summed E-state index contributed by atoms with van der Waals surface area (Å²) >= 11 is 0. The Kier molecular flexibility index (Phi) is 3.17. The fourth-order valence-corrected chi connectivity index (χ4v) is 2.32. The molecule has 0 atom stereocenters. The molecule has 0 fully saturated rings. The predicted octanol–water partition coefficient (Wildman–Crippen LogP) is 2.66. The third kappa shape index (κ3) is 2.38. The van der Waals surface area contributed by atoms with E-state index in [-0.39, 0.29) is 17.6 Å². The van der Waals surface area contributed by atoms with E-state index in [9.17, 15) is 14.0 Å². The van der Waals surface area contributed by atoms with Crippen molar-refractivity contribution in [2.24, 2.45) is 0 Å². The van der Waals surface area contributed by atoms with Gasteiger partial charge in [-0.3, -0.25) is 14.5 Å². The Labute approximate surface area is 121 Å². The molecule has 2 aromatic carbocycles. The van der Waals surface area contributed by atoms with E-state index in [1.807, 2.05) is 6.07 Å². The zero-order valence-electron chi connectivity index (χ0n) is 11.4. The van der Waals surface area contributed by atoms with E-state index < -0.39 is 0 Å². The minimum Gasteiger partial charge on any atom is -0.381 e. The van der Waals surface area contributed by atoms with Crippen LogP contribution in [0.25, 0.3) is 0 Å². The Morgan fingerprint density at radius 1 is 1.05 bits per heavy atom. The standard InChI is InChI=1S/C16H13FN2O2/c1-19-15(20)13-6-5-12(8-14(13)16(19)21)18-9-10-3-2-4-11(17)7-10/h2-8,18H,9H2,1H3. The lowest BCUT2D eigenvalue weighted by Gasteiger charge is -2.07. The molecule has 4 nitrogen and oxygen atoms in total. The third-order valence-corrected chi connectivity index (χ3v) is 3.48. The molecule has 2 aromatic rings. The summed E-state index contributed by atoms with van der Waals surface area (Å²) in [5.74, 6) is -0.873. The van der Waals surface area contributed by atoms with Crippen LogP contribution in [0.2, 0.25) is 0 Å². The van der Waals surface area contributed by atoms with Crippen LogP contribution < -0.4 is 5.32 Å². The van der Waals surface area contributed by atoms with Crippen LogP contribution in [0.3, 0.4) is 0 Å². The summed E-state index contributed by atoms with van der Waals surface area (Å²) in [4.78, 5) is 24.8. The zero-order chi connectivity index (χ0) is 15.0. The number of rotatable bonds is 3. The zero-order valence-corrected chi connectivity index (χ0v) is 11.4. The summed E-state index contributed by atoms with van der Waals surface area (Å²) in [6.07, 6.45) is 0. The number of fused-ring (bicyclic) bond motifs is 1. The smallest absolute Gasteiger partial charge is 0.261 e. The van der Waals surface area contributed by atoms with Crippen molar-refractivity contribution in [3.63, 3.8) is 0 Å². The van der Waals surface area contributed by atoms with Gasteiger partial charge in [-0.25, -0.2) is 4.39 Å². The molecule has 0 bridgehead atoms. The molecule has 0 aliphatic carbocycles. The summed E-state index contributed by atoms with van der Waals surface area (Å²) in [5, 5.41) is 3.12. The molecule has 1 N–H and O–H groups in total. The molecule has 0 unspecified atom stereocenters. The van der Waals surface area contributed by atoms with E-state index in [2.05, 4.69) is 5.32 Å². The van der Waals surface area contributed by atoms with E-state index in [0.29, 0.717) is 17.7 Å². The number of halogens is 1. The van der Waals surface area contributed by atoms with Crippen LogP contribution in [0.4, 0.5) is 10.1 Å². The first-order valence-electron chi connectivity index (χ1n) is 6.51. The molecule has 1 aliphatic heterocycles. The van der Waals surface area contributed by atoms with Gasteiger partial charge in [0, 0.05) is 19.3 Å². The second kappa shape index (κ2) is 5.01. The van der Waals surface area contributed by atoms with Crippen molar-refractivity contribution in [2.75, 3.05) is 12.4 Å². The maximum absolute atomic E-state index is 13.1. The van der Waals surface area contributed by atoms with Crippen molar-refractivity contribution < 1.29 is 14.0 Å². The van der Waals surface area contributed by atoms with Crippen molar-refractivity contribution in [1.29, 1.82) is 0 Å². The largest absolute Gasteiger partial charge is 0.381 e. The van der Waals surface area contributed by atoms with Crippen molar-refractivity contribution in [3.8, 4) is 0 Å². The number of hydrogen-bond donors (Lipinski definition) is 1. The van der Waals surface area contributed by atoms with Gasteiger partial charge in [-0.05, 0) is 35.9 Å². The van der Waals surface area contributed by atoms with Gasteiger partial charge < -0.3 is 5.32 Å². The molecule has 21 heavy (non-hydrogen) atoms. The summed E-state index contributed by atoms with van der Waals surface area (Å²) in [7, 11) is 1.46. The van der Waals surface area contributed by atoms with Crippen LogP contribution in [0, 0.1) is 5.82 Å². The molecule has 0 saturated heterocycles. The van der Waals surface area contributed by atoms with Crippen LogP contribution in [-0.4, -0.2) is 23.8 Å². The number of hydrogen-bond acceptors (Lipinski definition) is 3. The summed E-state index contributed by atoms with van der Waals surface area (Å²) in [6.45, 7) is 0.439. The topological polar surface area (TPSA) is 49.4 Å². The van der Waals surface area contributed by atoms with Crippen LogP contribution in [-0.2, 0) is 6.54 Å². The quantitative estimate of drug-likeness (QED) is 0.882. The average molecular weight is 284 g/mol. The van der Waals surface area contributed by atoms with Gasteiger partial charge >= 0.3 is 0 Å². The average Bonchev–Trinajstić information content (AvgIpc) is 2.70. The highest BCUT2D eigenvalue weighted by molar-refractivity contribution is 6.21. The molecule has 1 heterocycles. The van der Waals surface area contributed by atoms with Gasteiger partial charge in [0.1, 0.15) is 5.82 Å². The van der Waals surface area contributed by atoms with Crippen LogP contribution in [0.15, 0.2) is 42.5 Å². The first-order valence-corrected chi connectivity index (χ1v) is 6.51. The van der Waals surface area contributed by atoms with Gasteiger partial charge in [-0.2, -0.15) is 0 Å².